The second-order valence-corrected chi connectivity index (χ2v) is 6.68. The van der Waals surface area contributed by atoms with Crippen LogP contribution in [0, 0.1) is 0 Å². The Morgan fingerprint density at radius 2 is 1.00 bits per heavy atom. The zero-order valence-corrected chi connectivity index (χ0v) is 13.3. The third-order valence-electron chi connectivity index (χ3n) is 3.12. The van der Waals surface area contributed by atoms with E-state index < -0.39 is 0 Å². The van der Waals surface area contributed by atoms with Crippen LogP contribution in [0.5, 0.6) is 5.75 Å². The second kappa shape index (κ2) is 7.47. The molecule has 0 spiro atoms. The summed E-state index contributed by atoms with van der Waals surface area (Å²) in [6, 6.07) is 21.1. The van der Waals surface area contributed by atoms with Crippen LogP contribution in [0.15, 0.2) is 100 Å². The predicted octanol–water partition coefficient (Wildman–Crippen LogP) is 4.16. The summed E-state index contributed by atoms with van der Waals surface area (Å²) >= 11 is 0. The van der Waals surface area contributed by atoms with Crippen LogP contribution in [0.4, 0.5) is 0 Å². The molecule has 3 heterocycles. The number of hydrogen-bond donors (Lipinski definition) is 4. The number of para-hydroxylation sites is 1. The highest BCUT2D eigenvalue weighted by molar-refractivity contribution is 7.96. The van der Waals surface area contributed by atoms with Crippen molar-refractivity contribution in [1.29, 1.82) is 0 Å². The van der Waals surface area contributed by atoms with E-state index in [9.17, 15) is 0 Å². The summed E-state index contributed by atoms with van der Waals surface area (Å²) < 4.78 is 0. The molecule has 3 aromatic heterocycles. The number of aromatic amines is 3. The lowest BCUT2D eigenvalue weighted by Crippen LogP contribution is -2.05. The van der Waals surface area contributed by atoms with Gasteiger partial charge >= 0.3 is 0 Å². The summed E-state index contributed by atoms with van der Waals surface area (Å²) in [5.74, 6) is 0.322. The Morgan fingerprint density at radius 3 is 1.26 bits per heavy atom. The number of phenolic OH excluding ortho intramolecular Hbond substituents is 1. The maximum absolute atomic E-state index is 8.63. The minimum Gasteiger partial charge on any atom is -0.508 e. The van der Waals surface area contributed by atoms with Crippen LogP contribution in [0.1, 0.15) is 0 Å². The Kier molecular flexibility index (Phi) is 4.91. The van der Waals surface area contributed by atoms with Gasteiger partial charge in [0.25, 0.3) is 0 Å². The van der Waals surface area contributed by atoms with Crippen molar-refractivity contribution in [2.24, 2.45) is 0 Å². The van der Waals surface area contributed by atoms with Gasteiger partial charge in [0.15, 0.2) is 10.9 Å². The van der Waals surface area contributed by atoms with Crippen molar-refractivity contribution in [2.75, 3.05) is 0 Å². The van der Waals surface area contributed by atoms with E-state index >= 15 is 0 Å². The van der Waals surface area contributed by atoms with Gasteiger partial charge in [-0.3, -0.25) is 0 Å². The summed E-state index contributed by atoms with van der Waals surface area (Å²) in [5, 5.41) is 12.3. The van der Waals surface area contributed by atoms with Crippen LogP contribution in [-0.2, 0) is 10.9 Å². The fourth-order valence-electron chi connectivity index (χ4n) is 2.11. The molecule has 0 saturated heterocycles. The standard InChI is InChI=1S/C12H12N3S.C6H6O/c1-4-10(13-7-1)16(11-5-2-8-14-11)12-6-3-9-15-12;7-6-4-2-1-3-5-6/h1-9,13-15H;1-5,7H/q+1;. The van der Waals surface area contributed by atoms with Gasteiger partial charge in [-0.15, -0.1) is 0 Å². The molecule has 0 aliphatic heterocycles. The van der Waals surface area contributed by atoms with Gasteiger partial charge in [0.05, 0.1) is 0 Å². The van der Waals surface area contributed by atoms with Crippen molar-refractivity contribution in [3.05, 3.63) is 85.3 Å². The van der Waals surface area contributed by atoms with E-state index in [0.717, 1.165) is 0 Å². The molecule has 0 atom stereocenters. The Balaban J connectivity index is 0.000000188. The van der Waals surface area contributed by atoms with E-state index in [0.29, 0.717) is 5.75 Å². The average Bonchev–Trinajstić information content (AvgIpc) is 3.34. The molecule has 4 aromatic rings. The molecule has 4 N–H and O–H groups in total. The Labute approximate surface area is 137 Å². The van der Waals surface area contributed by atoms with E-state index in [1.165, 1.54) is 15.1 Å². The first-order valence-electron chi connectivity index (χ1n) is 7.23. The summed E-state index contributed by atoms with van der Waals surface area (Å²) in [5.41, 5.74) is 0. The molecule has 0 aliphatic carbocycles. The summed E-state index contributed by atoms with van der Waals surface area (Å²) in [6.07, 6.45) is 5.88. The third-order valence-corrected chi connectivity index (χ3v) is 5.21. The number of rotatable bonds is 3. The Hall–Kier alpha value is -2.79. The largest absolute Gasteiger partial charge is 0.508 e. The molecule has 5 heteroatoms. The van der Waals surface area contributed by atoms with Gasteiger partial charge in [-0.2, -0.15) is 0 Å². The van der Waals surface area contributed by atoms with Crippen LogP contribution < -0.4 is 0 Å². The zero-order chi connectivity index (χ0) is 15.9. The fourth-order valence-corrected chi connectivity index (χ4v) is 4.02. The topological polar surface area (TPSA) is 67.6 Å². The molecular formula is C18H18N3OS+. The molecule has 23 heavy (non-hydrogen) atoms. The molecule has 4 nitrogen and oxygen atoms in total. The van der Waals surface area contributed by atoms with Crippen LogP contribution in [-0.4, -0.2) is 20.1 Å². The first-order chi connectivity index (χ1) is 11.3. The number of nitrogens with one attached hydrogen (secondary N) is 3. The SMILES string of the molecule is Oc1ccccc1.c1c[nH]c([S+](c2ccc[nH]2)c2ccc[nH]2)c1. The summed E-state index contributed by atoms with van der Waals surface area (Å²) in [4.78, 5) is 9.86. The van der Waals surface area contributed by atoms with Gasteiger partial charge in [0, 0.05) is 36.8 Å². The second-order valence-electron chi connectivity index (χ2n) is 4.74. The van der Waals surface area contributed by atoms with Crippen molar-refractivity contribution in [2.45, 2.75) is 15.1 Å². The average molecular weight is 324 g/mol. The highest BCUT2D eigenvalue weighted by atomic mass is 32.2. The van der Waals surface area contributed by atoms with E-state index in [2.05, 4.69) is 33.2 Å². The van der Waals surface area contributed by atoms with E-state index in [1.54, 1.807) is 24.3 Å². The fraction of sp³-hybridized carbons (Fsp3) is 0. The first kappa shape index (κ1) is 15.1. The van der Waals surface area contributed by atoms with Crippen molar-refractivity contribution >= 4 is 10.9 Å². The quantitative estimate of drug-likeness (QED) is 0.420. The van der Waals surface area contributed by atoms with Crippen molar-refractivity contribution in [3.8, 4) is 5.75 Å². The molecule has 4 rings (SSSR count). The lowest BCUT2D eigenvalue weighted by atomic mass is 10.3. The van der Waals surface area contributed by atoms with Crippen LogP contribution in [0.25, 0.3) is 0 Å². The predicted molar refractivity (Wildman–Crippen MR) is 92.6 cm³/mol. The highest BCUT2D eigenvalue weighted by Gasteiger charge is 2.31. The number of H-pyrrole nitrogens is 3. The van der Waals surface area contributed by atoms with Gasteiger partial charge in [-0.1, -0.05) is 18.2 Å². The Morgan fingerprint density at radius 1 is 0.565 bits per heavy atom. The minimum atomic E-state index is -0.0880. The van der Waals surface area contributed by atoms with Crippen molar-refractivity contribution in [3.63, 3.8) is 0 Å². The summed E-state index contributed by atoms with van der Waals surface area (Å²) in [7, 11) is -0.0880. The van der Waals surface area contributed by atoms with Gasteiger partial charge in [0.2, 0.25) is 15.1 Å². The monoisotopic (exact) mass is 324 g/mol. The maximum atomic E-state index is 8.63. The van der Waals surface area contributed by atoms with E-state index in [1.807, 2.05) is 42.9 Å². The smallest absolute Gasteiger partial charge is 0.239 e. The molecule has 0 bridgehead atoms. The molecular weight excluding hydrogens is 306 g/mol. The molecule has 0 radical (unpaired) electrons. The molecule has 1 aromatic carbocycles. The number of aromatic nitrogens is 3. The number of phenols is 1. The van der Waals surface area contributed by atoms with E-state index in [-0.39, 0.29) is 10.9 Å². The first-order valence-corrected chi connectivity index (χ1v) is 8.45. The lowest BCUT2D eigenvalue weighted by Gasteiger charge is -2.00. The summed E-state index contributed by atoms with van der Waals surface area (Å²) in [6.45, 7) is 0. The van der Waals surface area contributed by atoms with Gasteiger partial charge in [-0.05, 0) is 30.3 Å². The van der Waals surface area contributed by atoms with Crippen LogP contribution >= 0.6 is 0 Å². The van der Waals surface area contributed by atoms with Gasteiger partial charge in [-0.25, -0.2) is 0 Å². The molecule has 0 fully saturated rings. The molecule has 116 valence electrons. The number of hydrogen-bond acceptors (Lipinski definition) is 1. The van der Waals surface area contributed by atoms with Crippen LogP contribution in [0.3, 0.4) is 0 Å². The van der Waals surface area contributed by atoms with Crippen LogP contribution in [0.2, 0.25) is 0 Å². The molecule has 0 aliphatic rings. The lowest BCUT2D eigenvalue weighted by molar-refractivity contribution is 0.475. The third kappa shape index (κ3) is 3.90. The van der Waals surface area contributed by atoms with E-state index in [4.69, 9.17) is 5.11 Å². The van der Waals surface area contributed by atoms with Gasteiger partial charge < -0.3 is 20.1 Å². The number of aromatic hydroxyl groups is 1. The maximum Gasteiger partial charge on any atom is 0.239 e. The minimum absolute atomic E-state index is 0.0880. The Bertz CT molecular complexity index is 697. The zero-order valence-electron chi connectivity index (χ0n) is 12.4. The highest BCUT2D eigenvalue weighted by Crippen LogP contribution is 2.27. The molecule has 0 unspecified atom stereocenters. The number of benzene rings is 1. The normalized spacial score (nSPS) is 10.3. The van der Waals surface area contributed by atoms with Crippen molar-refractivity contribution < 1.29 is 5.11 Å². The molecule has 0 saturated carbocycles. The molecule has 0 amide bonds. The van der Waals surface area contributed by atoms with Gasteiger partial charge in [0.1, 0.15) is 5.75 Å². The van der Waals surface area contributed by atoms with Crippen molar-refractivity contribution in [1.82, 2.24) is 15.0 Å².